The van der Waals surface area contributed by atoms with Crippen LogP contribution >= 0.6 is 0 Å². The van der Waals surface area contributed by atoms with Crippen molar-refractivity contribution in [3.8, 4) is 0 Å². The molecule has 1 atom stereocenters. The standard InChI is InChI=1S/C17H17FN2O2/c1-11-3-9-15(10-4-11)20-16(21)12(2)19-17(22)13-5-7-14(18)8-6-13/h3-10,12H,1-2H3,(H,19,22)(H,20,21)/t12-/m0/s1. The van der Waals surface area contributed by atoms with Gasteiger partial charge in [-0.1, -0.05) is 17.7 Å². The third-order valence-electron chi connectivity index (χ3n) is 3.17. The molecule has 4 nitrogen and oxygen atoms in total. The summed E-state index contributed by atoms with van der Waals surface area (Å²) in [5.74, 6) is -1.16. The van der Waals surface area contributed by atoms with Crippen LogP contribution in [0.3, 0.4) is 0 Å². The first-order valence-corrected chi connectivity index (χ1v) is 6.89. The minimum Gasteiger partial charge on any atom is -0.341 e. The molecular weight excluding hydrogens is 283 g/mol. The summed E-state index contributed by atoms with van der Waals surface area (Å²) in [4.78, 5) is 24.0. The number of anilines is 1. The van der Waals surface area contributed by atoms with Crippen LogP contribution in [-0.4, -0.2) is 17.9 Å². The van der Waals surface area contributed by atoms with Gasteiger partial charge in [-0.25, -0.2) is 4.39 Å². The van der Waals surface area contributed by atoms with Gasteiger partial charge < -0.3 is 10.6 Å². The lowest BCUT2D eigenvalue weighted by molar-refractivity contribution is -0.117. The van der Waals surface area contributed by atoms with E-state index in [1.807, 2.05) is 19.1 Å². The summed E-state index contributed by atoms with van der Waals surface area (Å²) in [5.41, 5.74) is 2.06. The van der Waals surface area contributed by atoms with Crippen molar-refractivity contribution in [3.05, 3.63) is 65.5 Å². The molecule has 5 heteroatoms. The lowest BCUT2D eigenvalue weighted by Crippen LogP contribution is -2.41. The summed E-state index contributed by atoms with van der Waals surface area (Å²) in [6.45, 7) is 3.54. The predicted octanol–water partition coefficient (Wildman–Crippen LogP) is 2.89. The zero-order chi connectivity index (χ0) is 16.1. The van der Waals surface area contributed by atoms with Crippen molar-refractivity contribution in [1.82, 2.24) is 5.32 Å². The van der Waals surface area contributed by atoms with Crippen molar-refractivity contribution in [3.63, 3.8) is 0 Å². The molecule has 0 saturated heterocycles. The Bertz CT molecular complexity index is 666. The number of halogens is 1. The molecule has 0 fully saturated rings. The minimum atomic E-state index is -0.709. The molecule has 0 radical (unpaired) electrons. The van der Waals surface area contributed by atoms with Crippen molar-refractivity contribution in [2.45, 2.75) is 19.9 Å². The van der Waals surface area contributed by atoms with E-state index in [0.29, 0.717) is 11.3 Å². The number of rotatable bonds is 4. The lowest BCUT2D eigenvalue weighted by Gasteiger charge is -2.14. The van der Waals surface area contributed by atoms with Crippen LogP contribution in [0.25, 0.3) is 0 Å². The highest BCUT2D eigenvalue weighted by atomic mass is 19.1. The monoisotopic (exact) mass is 300 g/mol. The van der Waals surface area contributed by atoms with Crippen LogP contribution in [0.1, 0.15) is 22.8 Å². The summed E-state index contributed by atoms with van der Waals surface area (Å²) >= 11 is 0. The Balaban J connectivity index is 1.94. The van der Waals surface area contributed by atoms with Crippen LogP contribution in [0.5, 0.6) is 0 Å². The molecule has 0 spiro atoms. The van der Waals surface area contributed by atoms with E-state index in [2.05, 4.69) is 10.6 Å². The second kappa shape index (κ2) is 6.85. The SMILES string of the molecule is Cc1ccc(NC(=O)[C@H](C)NC(=O)c2ccc(F)cc2)cc1. The van der Waals surface area contributed by atoms with E-state index in [1.165, 1.54) is 24.3 Å². The summed E-state index contributed by atoms with van der Waals surface area (Å²) in [6, 6.07) is 11.8. The summed E-state index contributed by atoms with van der Waals surface area (Å²) in [5, 5.41) is 5.29. The van der Waals surface area contributed by atoms with Gasteiger partial charge in [0, 0.05) is 11.3 Å². The molecule has 114 valence electrons. The first kappa shape index (κ1) is 15.7. The molecular formula is C17H17FN2O2. The highest BCUT2D eigenvalue weighted by Gasteiger charge is 2.16. The summed E-state index contributed by atoms with van der Waals surface area (Å²) in [7, 11) is 0. The zero-order valence-corrected chi connectivity index (χ0v) is 12.4. The fourth-order valence-electron chi connectivity index (χ4n) is 1.83. The second-order valence-electron chi connectivity index (χ2n) is 5.06. The third kappa shape index (κ3) is 4.15. The van der Waals surface area contributed by atoms with E-state index in [9.17, 15) is 14.0 Å². The van der Waals surface area contributed by atoms with Crippen LogP contribution in [0, 0.1) is 12.7 Å². The smallest absolute Gasteiger partial charge is 0.251 e. The minimum absolute atomic E-state index is 0.302. The number of aryl methyl sites for hydroxylation is 1. The molecule has 2 rings (SSSR count). The first-order chi connectivity index (χ1) is 10.5. The molecule has 2 N–H and O–H groups in total. The molecule has 22 heavy (non-hydrogen) atoms. The first-order valence-electron chi connectivity index (χ1n) is 6.89. The molecule has 2 aromatic carbocycles. The van der Waals surface area contributed by atoms with Crippen molar-refractivity contribution < 1.29 is 14.0 Å². The number of benzene rings is 2. The second-order valence-corrected chi connectivity index (χ2v) is 5.06. The Morgan fingerprint density at radius 1 is 1.00 bits per heavy atom. The number of carbonyl (C=O) groups excluding carboxylic acids is 2. The van der Waals surface area contributed by atoms with Crippen LogP contribution in [-0.2, 0) is 4.79 Å². The van der Waals surface area contributed by atoms with Gasteiger partial charge in [-0.2, -0.15) is 0 Å². The van der Waals surface area contributed by atoms with Crippen molar-refractivity contribution in [2.75, 3.05) is 5.32 Å². The van der Waals surface area contributed by atoms with Gasteiger partial charge in [-0.15, -0.1) is 0 Å². The van der Waals surface area contributed by atoms with Crippen LogP contribution in [0.2, 0.25) is 0 Å². The van der Waals surface area contributed by atoms with E-state index in [0.717, 1.165) is 5.56 Å². The maximum absolute atomic E-state index is 12.8. The number of amides is 2. The molecule has 0 heterocycles. The zero-order valence-electron chi connectivity index (χ0n) is 12.4. The molecule has 0 aliphatic rings. The van der Waals surface area contributed by atoms with E-state index < -0.39 is 17.8 Å². The Labute approximate surface area is 128 Å². The normalized spacial score (nSPS) is 11.6. The Morgan fingerprint density at radius 2 is 1.59 bits per heavy atom. The van der Waals surface area contributed by atoms with Gasteiger partial charge >= 0.3 is 0 Å². The number of carbonyl (C=O) groups is 2. The van der Waals surface area contributed by atoms with Crippen molar-refractivity contribution in [1.29, 1.82) is 0 Å². The van der Waals surface area contributed by atoms with E-state index in [4.69, 9.17) is 0 Å². The molecule has 0 unspecified atom stereocenters. The summed E-state index contributed by atoms with van der Waals surface area (Å²) < 4.78 is 12.8. The van der Waals surface area contributed by atoms with Gasteiger partial charge in [0.15, 0.2) is 0 Å². The fraction of sp³-hybridized carbons (Fsp3) is 0.176. The molecule has 0 aliphatic carbocycles. The maximum atomic E-state index is 12.8. The van der Waals surface area contributed by atoms with Gasteiger partial charge in [-0.05, 0) is 50.2 Å². The van der Waals surface area contributed by atoms with Crippen LogP contribution < -0.4 is 10.6 Å². The van der Waals surface area contributed by atoms with Crippen molar-refractivity contribution in [2.24, 2.45) is 0 Å². The number of nitrogens with one attached hydrogen (secondary N) is 2. The molecule has 0 aliphatic heterocycles. The number of hydrogen-bond donors (Lipinski definition) is 2. The predicted molar refractivity (Wildman–Crippen MR) is 83.1 cm³/mol. The highest BCUT2D eigenvalue weighted by Crippen LogP contribution is 2.09. The van der Waals surface area contributed by atoms with Gasteiger partial charge in [0.05, 0.1) is 0 Å². The Morgan fingerprint density at radius 3 is 2.18 bits per heavy atom. The molecule has 0 aromatic heterocycles. The average molecular weight is 300 g/mol. The average Bonchev–Trinajstić information content (AvgIpc) is 2.50. The molecule has 0 bridgehead atoms. The van der Waals surface area contributed by atoms with E-state index in [1.54, 1.807) is 19.1 Å². The van der Waals surface area contributed by atoms with Crippen LogP contribution in [0.4, 0.5) is 10.1 Å². The van der Waals surface area contributed by atoms with E-state index >= 15 is 0 Å². The fourth-order valence-corrected chi connectivity index (χ4v) is 1.83. The largest absolute Gasteiger partial charge is 0.341 e. The van der Waals surface area contributed by atoms with Gasteiger partial charge in [0.2, 0.25) is 5.91 Å². The van der Waals surface area contributed by atoms with Crippen LogP contribution in [0.15, 0.2) is 48.5 Å². The van der Waals surface area contributed by atoms with Gasteiger partial charge in [-0.3, -0.25) is 9.59 Å². The maximum Gasteiger partial charge on any atom is 0.251 e. The quantitative estimate of drug-likeness (QED) is 0.912. The molecule has 2 aromatic rings. The topological polar surface area (TPSA) is 58.2 Å². The van der Waals surface area contributed by atoms with E-state index in [-0.39, 0.29) is 5.91 Å². The third-order valence-corrected chi connectivity index (χ3v) is 3.17. The Hall–Kier alpha value is -2.69. The number of hydrogen-bond acceptors (Lipinski definition) is 2. The van der Waals surface area contributed by atoms with Gasteiger partial charge in [0.1, 0.15) is 11.9 Å². The summed E-state index contributed by atoms with van der Waals surface area (Å²) in [6.07, 6.45) is 0. The molecule has 2 amide bonds. The molecule has 0 saturated carbocycles. The highest BCUT2D eigenvalue weighted by molar-refractivity contribution is 6.00. The van der Waals surface area contributed by atoms with Gasteiger partial charge in [0.25, 0.3) is 5.91 Å². The van der Waals surface area contributed by atoms with Crippen molar-refractivity contribution >= 4 is 17.5 Å². The lowest BCUT2D eigenvalue weighted by atomic mass is 10.2. The Kier molecular flexibility index (Phi) is 4.88.